The molecule has 2 N–H and O–H groups in total. The number of benzene rings is 1. The van der Waals surface area contributed by atoms with Crippen molar-refractivity contribution in [3.8, 4) is 0 Å². The van der Waals surface area contributed by atoms with E-state index in [0.29, 0.717) is 5.56 Å². The van der Waals surface area contributed by atoms with Gasteiger partial charge in [-0.25, -0.2) is 0 Å². The highest BCUT2D eigenvalue weighted by Crippen LogP contribution is 2.32. The predicted octanol–water partition coefficient (Wildman–Crippen LogP) is 1.97. The standard InChI is InChI=1S/C17H20F3N5O3S/c1-10-13(9-21-24(10)2)14-8-15(25(3)29(27,28)23-14)16(26)22-12-6-4-5-11(7-12)17(18,19)20/h4-7,9,14-15,23H,8H2,1-3H3,(H,22,26)/t14-,15+/m0/s1. The summed E-state index contributed by atoms with van der Waals surface area (Å²) in [5, 5.41) is 6.48. The molecular weight excluding hydrogens is 411 g/mol. The Labute approximate surface area is 165 Å². The van der Waals surface area contributed by atoms with Gasteiger partial charge in [-0.15, -0.1) is 0 Å². The third kappa shape index (κ3) is 4.28. The van der Waals surface area contributed by atoms with Crippen molar-refractivity contribution in [3.63, 3.8) is 0 Å². The minimum Gasteiger partial charge on any atom is -0.325 e. The Morgan fingerprint density at radius 1 is 1.31 bits per heavy atom. The second-order valence-corrected chi connectivity index (χ2v) is 8.58. The van der Waals surface area contributed by atoms with E-state index >= 15 is 0 Å². The zero-order chi connectivity index (χ0) is 21.6. The van der Waals surface area contributed by atoms with Gasteiger partial charge in [0, 0.05) is 31.0 Å². The number of amides is 1. The van der Waals surface area contributed by atoms with Crippen LogP contribution >= 0.6 is 0 Å². The number of carbonyl (C=O) groups is 1. The number of nitrogens with one attached hydrogen (secondary N) is 2. The highest BCUT2D eigenvalue weighted by molar-refractivity contribution is 7.87. The molecule has 12 heteroatoms. The summed E-state index contributed by atoms with van der Waals surface area (Å²) in [5.74, 6) is -0.719. The number of halogens is 3. The number of aryl methyl sites for hydroxylation is 1. The summed E-state index contributed by atoms with van der Waals surface area (Å²) in [7, 11) is -1.03. The maximum atomic E-state index is 12.9. The molecule has 1 amide bonds. The fraction of sp³-hybridized carbons (Fsp3) is 0.412. The lowest BCUT2D eigenvalue weighted by molar-refractivity contribution is -0.137. The number of hydrogen-bond acceptors (Lipinski definition) is 4. The summed E-state index contributed by atoms with van der Waals surface area (Å²) in [6.45, 7) is 1.77. The number of hydrogen-bond donors (Lipinski definition) is 2. The van der Waals surface area contributed by atoms with E-state index in [1.807, 2.05) is 0 Å². The van der Waals surface area contributed by atoms with Gasteiger partial charge >= 0.3 is 6.18 Å². The van der Waals surface area contributed by atoms with Gasteiger partial charge in [-0.2, -0.15) is 35.7 Å². The van der Waals surface area contributed by atoms with Gasteiger partial charge in [0.1, 0.15) is 6.04 Å². The molecule has 2 heterocycles. The van der Waals surface area contributed by atoms with Gasteiger partial charge in [0.25, 0.3) is 10.2 Å². The van der Waals surface area contributed by atoms with Crippen LogP contribution < -0.4 is 10.0 Å². The SMILES string of the molecule is Cc1c([C@@H]2C[C@H](C(=O)Nc3cccc(C(F)(F)F)c3)N(C)S(=O)(=O)N2)cnn1C. The topological polar surface area (TPSA) is 96.3 Å². The highest BCUT2D eigenvalue weighted by Gasteiger charge is 2.41. The molecule has 0 spiro atoms. The van der Waals surface area contributed by atoms with Gasteiger partial charge in [0.05, 0.1) is 17.8 Å². The summed E-state index contributed by atoms with van der Waals surface area (Å²) in [6.07, 6.45) is -2.94. The molecule has 0 bridgehead atoms. The van der Waals surface area contributed by atoms with Crippen molar-refractivity contribution in [2.75, 3.05) is 12.4 Å². The first kappa shape index (κ1) is 21.3. The zero-order valence-corrected chi connectivity index (χ0v) is 16.7. The highest BCUT2D eigenvalue weighted by atomic mass is 32.2. The Bertz CT molecular complexity index is 1040. The van der Waals surface area contributed by atoms with Crippen LogP contribution in [0.5, 0.6) is 0 Å². The maximum Gasteiger partial charge on any atom is 0.416 e. The van der Waals surface area contributed by atoms with E-state index in [1.54, 1.807) is 18.7 Å². The molecule has 0 aliphatic carbocycles. The fourth-order valence-electron chi connectivity index (χ4n) is 3.17. The average Bonchev–Trinajstić information content (AvgIpc) is 2.95. The first-order valence-corrected chi connectivity index (χ1v) is 10.1. The number of likely N-dealkylation sites (N-methyl/N-ethyl adjacent to an activating group) is 1. The Morgan fingerprint density at radius 3 is 2.59 bits per heavy atom. The minimum atomic E-state index is -4.56. The van der Waals surface area contributed by atoms with Crippen molar-refractivity contribution in [1.82, 2.24) is 18.8 Å². The second-order valence-electron chi connectivity index (χ2n) is 6.82. The van der Waals surface area contributed by atoms with Gasteiger partial charge < -0.3 is 5.32 Å². The van der Waals surface area contributed by atoms with Crippen molar-refractivity contribution in [3.05, 3.63) is 47.3 Å². The van der Waals surface area contributed by atoms with Crippen LogP contribution in [-0.4, -0.2) is 41.5 Å². The molecule has 2 atom stereocenters. The molecule has 0 radical (unpaired) electrons. The van der Waals surface area contributed by atoms with Crippen molar-refractivity contribution in [1.29, 1.82) is 0 Å². The third-order valence-corrected chi connectivity index (χ3v) is 6.57. The smallest absolute Gasteiger partial charge is 0.325 e. The van der Waals surface area contributed by atoms with Crippen LogP contribution in [0.15, 0.2) is 30.5 Å². The molecule has 2 aromatic rings. The van der Waals surface area contributed by atoms with Gasteiger partial charge in [0.2, 0.25) is 5.91 Å². The molecule has 1 saturated heterocycles. The Hall–Kier alpha value is -2.44. The number of aromatic nitrogens is 2. The number of anilines is 1. The average molecular weight is 431 g/mol. The zero-order valence-electron chi connectivity index (χ0n) is 15.9. The number of nitrogens with zero attached hydrogens (tertiary/aromatic N) is 3. The van der Waals surface area contributed by atoms with Crippen LogP contribution in [0, 0.1) is 6.92 Å². The molecule has 1 fully saturated rings. The lowest BCUT2D eigenvalue weighted by Gasteiger charge is -2.36. The molecule has 0 unspecified atom stereocenters. The second kappa shape index (κ2) is 7.43. The van der Waals surface area contributed by atoms with E-state index in [1.165, 1.54) is 25.4 Å². The summed E-state index contributed by atoms with van der Waals surface area (Å²) >= 11 is 0. The molecule has 158 valence electrons. The summed E-state index contributed by atoms with van der Waals surface area (Å²) in [6, 6.07) is 2.37. The molecule has 1 aromatic heterocycles. The van der Waals surface area contributed by atoms with E-state index in [4.69, 9.17) is 0 Å². The fourth-order valence-corrected chi connectivity index (χ4v) is 4.44. The molecule has 1 aliphatic rings. The Morgan fingerprint density at radius 2 is 2.00 bits per heavy atom. The van der Waals surface area contributed by atoms with Gasteiger partial charge in [-0.3, -0.25) is 9.48 Å². The van der Waals surface area contributed by atoms with Crippen LogP contribution in [0.3, 0.4) is 0 Å². The van der Waals surface area contributed by atoms with Gasteiger partial charge in [-0.05, 0) is 31.5 Å². The largest absolute Gasteiger partial charge is 0.416 e. The van der Waals surface area contributed by atoms with Crippen molar-refractivity contribution in [2.45, 2.75) is 31.6 Å². The third-order valence-electron chi connectivity index (χ3n) is 4.98. The van der Waals surface area contributed by atoms with E-state index in [-0.39, 0.29) is 12.1 Å². The van der Waals surface area contributed by atoms with E-state index < -0.39 is 39.9 Å². The molecule has 0 saturated carbocycles. The Kier molecular flexibility index (Phi) is 5.45. The molecule has 8 nitrogen and oxygen atoms in total. The monoisotopic (exact) mass is 431 g/mol. The van der Waals surface area contributed by atoms with Crippen LogP contribution in [0.2, 0.25) is 0 Å². The summed E-state index contributed by atoms with van der Waals surface area (Å²) < 4.78 is 68.6. The Balaban J connectivity index is 1.86. The van der Waals surface area contributed by atoms with E-state index in [2.05, 4.69) is 15.1 Å². The molecule has 1 aliphatic heterocycles. The molecular formula is C17H20F3N5O3S. The number of rotatable bonds is 3. The van der Waals surface area contributed by atoms with Gasteiger partial charge in [0.15, 0.2) is 0 Å². The maximum absolute atomic E-state index is 12.9. The minimum absolute atomic E-state index is 0.0664. The van der Waals surface area contributed by atoms with Crippen LogP contribution in [0.25, 0.3) is 0 Å². The molecule has 1 aromatic carbocycles. The first-order chi connectivity index (χ1) is 13.4. The normalized spacial score (nSPS) is 22.4. The quantitative estimate of drug-likeness (QED) is 0.777. The lowest BCUT2D eigenvalue weighted by Crippen LogP contribution is -2.56. The van der Waals surface area contributed by atoms with Crippen molar-refractivity contribution >= 4 is 21.8 Å². The molecule has 29 heavy (non-hydrogen) atoms. The van der Waals surface area contributed by atoms with Crippen LogP contribution in [0.4, 0.5) is 18.9 Å². The number of alkyl halides is 3. The molecule has 3 rings (SSSR count). The van der Waals surface area contributed by atoms with Crippen molar-refractivity contribution < 1.29 is 26.4 Å². The van der Waals surface area contributed by atoms with Crippen molar-refractivity contribution in [2.24, 2.45) is 7.05 Å². The van der Waals surface area contributed by atoms with Crippen LogP contribution in [0.1, 0.15) is 29.3 Å². The summed E-state index contributed by atoms with van der Waals surface area (Å²) in [4.78, 5) is 12.7. The van der Waals surface area contributed by atoms with E-state index in [9.17, 15) is 26.4 Å². The van der Waals surface area contributed by atoms with Crippen LogP contribution in [-0.2, 0) is 28.2 Å². The van der Waals surface area contributed by atoms with E-state index in [0.717, 1.165) is 22.1 Å². The summed E-state index contributed by atoms with van der Waals surface area (Å²) in [5.41, 5.74) is 0.383. The lowest BCUT2D eigenvalue weighted by atomic mass is 10.00. The predicted molar refractivity (Wildman–Crippen MR) is 99.0 cm³/mol. The van der Waals surface area contributed by atoms with Gasteiger partial charge in [-0.1, -0.05) is 6.07 Å². The number of carbonyl (C=O) groups excluding carboxylic acids is 1. The first-order valence-electron chi connectivity index (χ1n) is 8.62.